The fourth-order valence-corrected chi connectivity index (χ4v) is 1.17. The summed E-state index contributed by atoms with van der Waals surface area (Å²) in [7, 11) is 0. The first-order valence-electron chi connectivity index (χ1n) is 4.19. The van der Waals surface area contributed by atoms with Crippen LogP contribution in [0, 0.1) is 11.3 Å². The molecule has 0 aromatic carbocycles. The van der Waals surface area contributed by atoms with E-state index in [9.17, 15) is 4.79 Å². The van der Waals surface area contributed by atoms with E-state index >= 15 is 0 Å². The van der Waals surface area contributed by atoms with Crippen LogP contribution >= 0.6 is 0 Å². The zero-order chi connectivity index (χ0) is 10.7. The Morgan fingerprint density at radius 1 is 1.20 bits per heavy atom. The van der Waals surface area contributed by atoms with Gasteiger partial charge in [-0.2, -0.15) is 5.26 Å². The third kappa shape index (κ3) is 1.89. The van der Waals surface area contributed by atoms with Crippen LogP contribution < -0.4 is 5.56 Å². The minimum Gasteiger partial charge on any atom is -0.319 e. The van der Waals surface area contributed by atoms with E-state index in [0.717, 1.165) is 0 Å². The standard InChI is InChI=1S/C10H6N4O/c11-2-7-1-8(4-12-3-7)9-5-13-6-10(15)14-9/h1,3-6H,(H,14,15). The number of hydrogen-bond acceptors (Lipinski definition) is 4. The van der Waals surface area contributed by atoms with Crippen LogP contribution in [0.5, 0.6) is 0 Å². The number of pyridine rings is 1. The predicted molar refractivity (Wildman–Crippen MR) is 52.8 cm³/mol. The van der Waals surface area contributed by atoms with E-state index in [0.29, 0.717) is 16.8 Å². The summed E-state index contributed by atoms with van der Waals surface area (Å²) in [5.41, 5.74) is 1.37. The van der Waals surface area contributed by atoms with Gasteiger partial charge in [0.2, 0.25) is 0 Å². The monoisotopic (exact) mass is 198 g/mol. The molecule has 0 bridgehead atoms. The number of rotatable bonds is 1. The topological polar surface area (TPSA) is 82.4 Å². The van der Waals surface area contributed by atoms with Crippen molar-refractivity contribution >= 4 is 0 Å². The van der Waals surface area contributed by atoms with Gasteiger partial charge in [0.05, 0.1) is 23.7 Å². The van der Waals surface area contributed by atoms with Crippen molar-refractivity contribution in [1.29, 1.82) is 5.26 Å². The minimum absolute atomic E-state index is 0.283. The smallest absolute Gasteiger partial charge is 0.266 e. The van der Waals surface area contributed by atoms with E-state index in [4.69, 9.17) is 5.26 Å². The zero-order valence-corrected chi connectivity index (χ0v) is 7.64. The van der Waals surface area contributed by atoms with Crippen molar-refractivity contribution in [3.63, 3.8) is 0 Å². The number of aromatic amines is 1. The first-order chi connectivity index (χ1) is 7.29. The molecule has 1 N–H and O–H groups in total. The number of hydrogen-bond donors (Lipinski definition) is 1. The third-order valence-electron chi connectivity index (χ3n) is 1.83. The van der Waals surface area contributed by atoms with Gasteiger partial charge in [-0.05, 0) is 6.07 Å². The van der Waals surface area contributed by atoms with Crippen LogP contribution in [-0.2, 0) is 0 Å². The Morgan fingerprint density at radius 3 is 2.73 bits per heavy atom. The number of H-pyrrole nitrogens is 1. The highest BCUT2D eigenvalue weighted by molar-refractivity contribution is 5.58. The van der Waals surface area contributed by atoms with Crippen LogP contribution in [-0.4, -0.2) is 15.0 Å². The zero-order valence-electron chi connectivity index (χ0n) is 7.64. The molecule has 72 valence electrons. The van der Waals surface area contributed by atoms with Crippen molar-refractivity contribution in [1.82, 2.24) is 15.0 Å². The second-order valence-corrected chi connectivity index (χ2v) is 2.88. The van der Waals surface area contributed by atoms with Crippen molar-refractivity contribution in [2.24, 2.45) is 0 Å². The second-order valence-electron chi connectivity index (χ2n) is 2.88. The summed E-state index contributed by atoms with van der Waals surface area (Å²) < 4.78 is 0. The van der Waals surface area contributed by atoms with Crippen LogP contribution in [0.25, 0.3) is 11.3 Å². The lowest BCUT2D eigenvalue weighted by atomic mass is 10.2. The molecule has 0 unspecified atom stereocenters. The third-order valence-corrected chi connectivity index (χ3v) is 1.83. The number of nitrogens with zero attached hydrogens (tertiary/aromatic N) is 3. The summed E-state index contributed by atoms with van der Waals surface area (Å²) in [6.07, 6.45) is 5.72. The summed E-state index contributed by atoms with van der Waals surface area (Å²) in [6.45, 7) is 0. The Hall–Kier alpha value is -2.48. The van der Waals surface area contributed by atoms with Gasteiger partial charge in [-0.3, -0.25) is 14.8 Å². The van der Waals surface area contributed by atoms with Gasteiger partial charge in [0, 0.05) is 18.0 Å². The highest BCUT2D eigenvalue weighted by Crippen LogP contribution is 2.13. The maximum atomic E-state index is 11.0. The molecule has 2 aromatic heterocycles. The fourth-order valence-electron chi connectivity index (χ4n) is 1.17. The van der Waals surface area contributed by atoms with E-state index in [1.807, 2.05) is 6.07 Å². The first-order valence-corrected chi connectivity index (χ1v) is 4.19. The first kappa shape index (κ1) is 9.09. The van der Waals surface area contributed by atoms with Crippen molar-refractivity contribution in [3.05, 3.63) is 46.8 Å². The summed E-state index contributed by atoms with van der Waals surface area (Å²) in [5, 5.41) is 8.69. The molecular weight excluding hydrogens is 192 g/mol. The lowest BCUT2D eigenvalue weighted by molar-refractivity contribution is 1.14. The van der Waals surface area contributed by atoms with Gasteiger partial charge >= 0.3 is 0 Å². The van der Waals surface area contributed by atoms with Crippen LogP contribution in [0.1, 0.15) is 5.56 Å². The fraction of sp³-hybridized carbons (Fsp3) is 0. The Bertz CT molecular complexity index is 582. The Labute approximate surface area is 85.1 Å². The number of aromatic nitrogens is 3. The van der Waals surface area contributed by atoms with Crippen LogP contribution in [0.15, 0.2) is 35.6 Å². The maximum Gasteiger partial charge on any atom is 0.266 e. The van der Waals surface area contributed by atoms with Crippen molar-refractivity contribution < 1.29 is 0 Å². The molecule has 0 atom stereocenters. The summed E-state index contributed by atoms with van der Waals surface area (Å²) in [5.74, 6) is 0. The molecule has 5 heteroatoms. The van der Waals surface area contributed by atoms with Gasteiger partial charge in [0.15, 0.2) is 0 Å². The molecule has 0 aliphatic carbocycles. The molecule has 0 spiro atoms. The highest BCUT2D eigenvalue weighted by atomic mass is 16.1. The van der Waals surface area contributed by atoms with Crippen LogP contribution in [0.2, 0.25) is 0 Å². The minimum atomic E-state index is -0.283. The lowest BCUT2D eigenvalue weighted by Crippen LogP contribution is -2.05. The van der Waals surface area contributed by atoms with Crippen molar-refractivity contribution in [2.75, 3.05) is 0 Å². The van der Waals surface area contributed by atoms with E-state index in [1.165, 1.54) is 18.6 Å². The van der Waals surface area contributed by atoms with Gasteiger partial charge in [-0.1, -0.05) is 0 Å². The highest BCUT2D eigenvalue weighted by Gasteiger charge is 2.00. The van der Waals surface area contributed by atoms with Crippen molar-refractivity contribution in [2.45, 2.75) is 0 Å². The average Bonchev–Trinajstić information content (AvgIpc) is 2.29. The van der Waals surface area contributed by atoms with E-state index < -0.39 is 0 Å². The van der Waals surface area contributed by atoms with Gasteiger partial charge in [-0.15, -0.1) is 0 Å². The molecule has 0 saturated carbocycles. The number of nitriles is 1. The molecule has 15 heavy (non-hydrogen) atoms. The van der Waals surface area contributed by atoms with Crippen LogP contribution in [0.3, 0.4) is 0 Å². The largest absolute Gasteiger partial charge is 0.319 e. The maximum absolute atomic E-state index is 11.0. The van der Waals surface area contributed by atoms with E-state index in [-0.39, 0.29) is 5.56 Å². The SMILES string of the molecule is N#Cc1cncc(-c2cncc(=O)[nH]2)c1. The molecule has 2 heterocycles. The molecule has 0 amide bonds. The normalized spacial score (nSPS) is 9.53. The van der Waals surface area contributed by atoms with Gasteiger partial charge in [-0.25, -0.2) is 0 Å². The van der Waals surface area contributed by atoms with E-state index in [1.54, 1.807) is 12.3 Å². The Kier molecular flexibility index (Phi) is 2.25. The molecule has 0 radical (unpaired) electrons. The Balaban J connectivity index is 2.55. The molecular formula is C10H6N4O. The molecule has 0 saturated heterocycles. The summed E-state index contributed by atoms with van der Waals surface area (Å²) in [6, 6.07) is 3.62. The average molecular weight is 198 g/mol. The molecule has 0 aliphatic rings. The van der Waals surface area contributed by atoms with Crippen molar-refractivity contribution in [3.8, 4) is 17.3 Å². The summed E-state index contributed by atoms with van der Waals surface area (Å²) in [4.78, 5) is 21.3. The van der Waals surface area contributed by atoms with Crippen LogP contribution in [0.4, 0.5) is 0 Å². The summed E-state index contributed by atoms with van der Waals surface area (Å²) >= 11 is 0. The lowest BCUT2D eigenvalue weighted by Gasteiger charge is -1.99. The number of nitrogens with one attached hydrogen (secondary N) is 1. The van der Waals surface area contributed by atoms with E-state index in [2.05, 4.69) is 15.0 Å². The molecule has 0 fully saturated rings. The molecule has 5 nitrogen and oxygen atoms in total. The molecule has 2 aromatic rings. The van der Waals surface area contributed by atoms with Gasteiger partial charge < -0.3 is 4.98 Å². The quantitative estimate of drug-likeness (QED) is 0.731. The Morgan fingerprint density at radius 2 is 2.00 bits per heavy atom. The predicted octanol–water partition coefficient (Wildman–Crippen LogP) is 0.704. The second kappa shape index (κ2) is 3.72. The van der Waals surface area contributed by atoms with Gasteiger partial charge in [0.1, 0.15) is 6.07 Å². The molecule has 0 aliphatic heterocycles. The molecule has 2 rings (SSSR count). The van der Waals surface area contributed by atoms with Gasteiger partial charge in [0.25, 0.3) is 5.56 Å².